The van der Waals surface area contributed by atoms with Gasteiger partial charge in [-0.2, -0.15) is 0 Å². The second-order valence-corrected chi connectivity index (χ2v) is 9.31. The molecule has 0 bridgehead atoms. The summed E-state index contributed by atoms with van der Waals surface area (Å²) < 4.78 is 26.5. The molecule has 2 atom stereocenters. The van der Waals surface area contributed by atoms with E-state index < -0.39 is 5.92 Å². The topological polar surface area (TPSA) is 41.1 Å². The predicted molar refractivity (Wildman–Crippen MR) is 103 cm³/mol. The molecule has 4 rings (SSSR count). The Morgan fingerprint density at radius 1 is 1.27 bits per heavy atom. The molecule has 7 heteroatoms. The molecule has 0 radical (unpaired) electrons. The average Bonchev–Trinajstić information content (AvgIpc) is 3.46. The zero-order chi connectivity index (χ0) is 17.6. The van der Waals surface area contributed by atoms with Crippen molar-refractivity contribution in [2.24, 2.45) is 5.92 Å². The highest BCUT2D eigenvalue weighted by Crippen LogP contribution is 2.45. The van der Waals surface area contributed by atoms with Crippen LogP contribution in [-0.4, -0.2) is 30.5 Å². The van der Waals surface area contributed by atoms with Crippen LogP contribution < -0.4 is 10.6 Å². The molecule has 0 saturated heterocycles. The second-order valence-electron chi connectivity index (χ2n) is 8.02. The van der Waals surface area contributed by atoms with Gasteiger partial charge < -0.3 is 10.6 Å². The highest BCUT2D eigenvalue weighted by atomic mass is 35.5. The van der Waals surface area contributed by atoms with E-state index >= 15 is 0 Å². The Morgan fingerprint density at radius 2 is 1.96 bits per heavy atom. The molecule has 26 heavy (non-hydrogen) atoms. The maximum Gasteiger partial charge on any atom is 0.252 e. The van der Waals surface area contributed by atoms with Crippen molar-refractivity contribution in [3.05, 3.63) is 21.4 Å². The van der Waals surface area contributed by atoms with E-state index in [0.717, 1.165) is 29.3 Å². The number of alkyl halides is 2. The number of amides is 1. The fourth-order valence-corrected chi connectivity index (χ4v) is 4.94. The normalized spacial score (nSPS) is 27.7. The fourth-order valence-electron chi connectivity index (χ4n) is 3.74. The van der Waals surface area contributed by atoms with Crippen molar-refractivity contribution in [1.29, 1.82) is 0 Å². The van der Waals surface area contributed by atoms with Crippen LogP contribution in [0.4, 0.5) is 8.78 Å². The molecule has 0 spiro atoms. The number of hydrogen-bond donors (Lipinski definition) is 2. The third-order valence-electron chi connectivity index (χ3n) is 5.76. The summed E-state index contributed by atoms with van der Waals surface area (Å²) in [5.74, 6) is -1.23. The minimum Gasteiger partial charge on any atom is -0.349 e. The lowest BCUT2D eigenvalue weighted by molar-refractivity contribution is -0.0399. The van der Waals surface area contributed by atoms with Gasteiger partial charge >= 0.3 is 0 Å². The van der Waals surface area contributed by atoms with Crippen molar-refractivity contribution in [2.45, 2.75) is 75.8 Å². The Morgan fingerprint density at radius 3 is 2.62 bits per heavy atom. The lowest BCUT2D eigenvalue weighted by Crippen LogP contribution is -2.40. The van der Waals surface area contributed by atoms with Crippen LogP contribution in [0.25, 0.3) is 0 Å². The number of halogens is 3. The van der Waals surface area contributed by atoms with Gasteiger partial charge in [0.1, 0.15) is 0 Å². The number of thiophene rings is 1. The average molecular weight is 405 g/mol. The predicted octanol–water partition coefficient (Wildman–Crippen LogP) is 4.64. The lowest BCUT2D eigenvalue weighted by Gasteiger charge is -2.28. The van der Waals surface area contributed by atoms with Crippen molar-refractivity contribution >= 4 is 29.7 Å². The monoisotopic (exact) mass is 404 g/mol. The molecule has 1 aromatic heterocycles. The summed E-state index contributed by atoms with van der Waals surface area (Å²) in [7, 11) is 0. The number of nitrogens with one attached hydrogen (secondary N) is 2. The molecule has 0 aliphatic heterocycles. The Balaban J connectivity index is 0.00000196. The van der Waals surface area contributed by atoms with Gasteiger partial charge in [0.15, 0.2) is 0 Å². The quantitative estimate of drug-likeness (QED) is 0.725. The van der Waals surface area contributed by atoms with Gasteiger partial charge in [0.25, 0.3) is 5.91 Å². The molecule has 1 heterocycles. The Labute approximate surface area is 163 Å². The number of carbonyl (C=O) groups excluding carboxylic acids is 1. The van der Waals surface area contributed by atoms with E-state index in [9.17, 15) is 13.6 Å². The lowest BCUT2D eigenvalue weighted by atomic mass is 9.92. The molecule has 3 saturated carbocycles. The van der Waals surface area contributed by atoms with Crippen LogP contribution in [0.2, 0.25) is 0 Å². The highest BCUT2D eigenvalue weighted by molar-refractivity contribution is 7.12. The smallest absolute Gasteiger partial charge is 0.252 e. The van der Waals surface area contributed by atoms with Gasteiger partial charge in [-0.1, -0.05) is 0 Å². The van der Waals surface area contributed by atoms with Gasteiger partial charge in [0.2, 0.25) is 5.92 Å². The first-order valence-corrected chi connectivity index (χ1v) is 10.3. The molecule has 2 N–H and O–H groups in total. The summed E-state index contributed by atoms with van der Waals surface area (Å²) in [6.45, 7) is 3.11. The van der Waals surface area contributed by atoms with Crippen LogP contribution in [0.3, 0.4) is 0 Å². The second kappa shape index (κ2) is 7.72. The van der Waals surface area contributed by atoms with E-state index in [2.05, 4.69) is 10.6 Å². The first-order valence-electron chi connectivity index (χ1n) is 9.44. The Hall–Kier alpha value is -0.720. The fraction of sp³-hybridized carbons (Fsp3) is 0.737. The summed E-state index contributed by atoms with van der Waals surface area (Å²) in [6, 6.07) is 2.47. The van der Waals surface area contributed by atoms with E-state index in [4.69, 9.17) is 0 Å². The molecule has 3 fully saturated rings. The molecule has 3 aliphatic rings. The van der Waals surface area contributed by atoms with Crippen molar-refractivity contribution in [3.8, 4) is 0 Å². The van der Waals surface area contributed by atoms with E-state index in [0.29, 0.717) is 24.8 Å². The van der Waals surface area contributed by atoms with Crippen LogP contribution in [0.5, 0.6) is 0 Å². The van der Waals surface area contributed by atoms with Crippen molar-refractivity contribution in [3.63, 3.8) is 0 Å². The maximum atomic E-state index is 13.2. The van der Waals surface area contributed by atoms with Crippen LogP contribution in [0, 0.1) is 12.8 Å². The van der Waals surface area contributed by atoms with Crippen molar-refractivity contribution in [2.75, 3.05) is 6.54 Å². The highest BCUT2D eigenvalue weighted by Gasteiger charge is 2.41. The van der Waals surface area contributed by atoms with Crippen molar-refractivity contribution < 1.29 is 13.6 Å². The molecule has 1 aromatic rings. The first kappa shape index (κ1) is 20.0. The number of rotatable bonds is 6. The van der Waals surface area contributed by atoms with Crippen molar-refractivity contribution in [1.82, 2.24) is 10.6 Å². The maximum absolute atomic E-state index is 13.2. The van der Waals surface area contributed by atoms with Gasteiger partial charge in [-0.05, 0) is 57.6 Å². The van der Waals surface area contributed by atoms with Gasteiger partial charge in [-0.3, -0.25) is 4.79 Å². The Kier molecular flexibility index (Phi) is 5.95. The molecule has 3 nitrogen and oxygen atoms in total. The summed E-state index contributed by atoms with van der Waals surface area (Å²) in [5.41, 5.74) is 0.727. The van der Waals surface area contributed by atoms with E-state index in [-0.39, 0.29) is 37.2 Å². The summed E-state index contributed by atoms with van der Waals surface area (Å²) in [6.07, 6.45) is 4.37. The zero-order valence-corrected chi connectivity index (χ0v) is 16.7. The largest absolute Gasteiger partial charge is 0.349 e. The van der Waals surface area contributed by atoms with E-state index in [1.807, 2.05) is 13.0 Å². The standard InChI is InChI=1S/C19H26F2N2OS.ClH/c1-11-14(18(24)23-13-4-6-19(20,21)7-5-13)9-17(25-11)15-8-16(15)22-10-12-2-3-12;/h9,12-13,15-16,22H,2-8,10H2,1H3,(H,23,24);1H/t15-,16-;/m1./s1. The number of carbonyl (C=O) groups is 1. The zero-order valence-electron chi connectivity index (χ0n) is 15.0. The molecular formula is C19H27ClF2N2OS. The number of aryl methyl sites for hydroxylation is 1. The van der Waals surface area contributed by atoms with Crippen LogP contribution in [0.1, 0.15) is 71.0 Å². The SMILES string of the molecule is Cc1sc([C@@H]2C[C@H]2NCC2CC2)cc1C(=O)NC1CCC(F)(F)CC1.Cl. The van der Waals surface area contributed by atoms with Gasteiger partial charge in [-0.15, -0.1) is 23.7 Å². The number of hydrogen-bond acceptors (Lipinski definition) is 3. The molecule has 3 aliphatic carbocycles. The third-order valence-corrected chi connectivity index (χ3v) is 6.94. The molecular weight excluding hydrogens is 378 g/mol. The molecule has 0 aromatic carbocycles. The summed E-state index contributed by atoms with van der Waals surface area (Å²) in [5, 5.41) is 6.60. The van der Waals surface area contributed by atoms with Gasteiger partial charge in [0.05, 0.1) is 5.56 Å². The molecule has 146 valence electrons. The van der Waals surface area contributed by atoms with Gasteiger partial charge in [-0.25, -0.2) is 8.78 Å². The minimum absolute atomic E-state index is 0. The van der Waals surface area contributed by atoms with Crippen LogP contribution >= 0.6 is 23.7 Å². The molecule has 1 amide bonds. The third kappa shape index (κ3) is 4.76. The van der Waals surface area contributed by atoms with E-state index in [1.165, 1.54) is 17.7 Å². The van der Waals surface area contributed by atoms with Crippen LogP contribution in [-0.2, 0) is 0 Å². The molecule has 0 unspecified atom stereocenters. The Bertz CT molecular complexity index is 652. The minimum atomic E-state index is -2.55. The summed E-state index contributed by atoms with van der Waals surface area (Å²) >= 11 is 1.71. The van der Waals surface area contributed by atoms with Gasteiger partial charge in [0, 0.05) is 40.6 Å². The summed E-state index contributed by atoms with van der Waals surface area (Å²) in [4.78, 5) is 14.9. The van der Waals surface area contributed by atoms with Crippen LogP contribution in [0.15, 0.2) is 6.07 Å². The first-order chi connectivity index (χ1) is 11.9. The van der Waals surface area contributed by atoms with E-state index in [1.54, 1.807) is 11.3 Å².